The van der Waals surface area contributed by atoms with Crippen LogP contribution >= 0.6 is 15.9 Å². The summed E-state index contributed by atoms with van der Waals surface area (Å²) >= 11 is 3.43. The zero-order chi connectivity index (χ0) is 13.2. The molecule has 1 fully saturated rings. The second-order valence-electron chi connectivity index (χ2n) is 4.66. The average molecular weight is 316 g/mol. The van der Waals surface area contributed by atoms with Crippen LogP contribution in [-0.2, 0) is 0 Å². The Balaban J connectivity index is 2.00. The number of rotatable bonds is 5. The maximum absolute atomic E-state index is 13.7. The summed E-state index contributed by atoms with van der Waals surface area (Å²) in [5, 5.41) is 3.65. The smallest absolute Gasteiger partial charge is 0.254 e. The SMILES string of the molecule is COc1ccc(C(=O)NCC2(CBr)CC2)c(F)c1. The molecule has 1 aromatic rings. The molecule has 1 saturated carbocycles. The van der Waals surface area contributed by atoms with Gasteiger partial charge in [0.1, 0.15) is 11.6 Å². The summed E-state index contributed by atoms with van der Waals surface area (Å²) in [6.07, 6.45) is 2.20. The van der Waals surface area contributed by atoms with Crippen molar-refractivity contribution in [1.82, 2.24) is 5.32 Å². The Morgan fingerprint density at radius 1 is 1.56 bits per heavy atom. The van der Waals surface area contributed by atoms with E-state index in [0.29, 0.717) is 12.3 Å². The molecule has 0 radical (unpaired) electrons. The van der Waals surface area contributed by atoms with Crippen molar-refractivity contribution in [2.24, 2.45) is 5.41 Å². The standard InChI is InChI=1S/C13H15BrFNO2/c1-18-9-2-3-10(11(15)6-9)12(17)16-8-13(7-14)4-5-13/h2-3,6H,4-5,7-8H2,1H3,(H,16,17). The fourth-order valence-corrected chi connectivity index (χ4v) is 2.46. The number of carbonyl (C=O) groups excluding carboxylic acids is 1. The van der Waals surface area contributed by atoms with Crippen molar-refractivity contribution in [3.63, 3.8) is 0 Å². The van der Waals surface area contributed by atoms with Crippen molar-refractivity contribution in [3.05, 3.63) is 29.6 Å². The zero-order valence-electron chi connectivity index (χ0n) is 10.1. The van der Waals surface area contributed by atoms with Crippen LogP contribution in [-0.4, -0.2) is 24.9 Å². The van der Waals surface area contributed by atoms with Crippen molar-refractivity contribution in [2.75, 3.05) is 19.0 Å². The molecule has 2 rings (SSSR count). The molecule has 3 nitrogen and oxygen atoms in total. The van der Waals surface area contributed by atoms with Gasteiger partial charge < -0.3 is 10.1 Å². The molecule has 1 aromatic carbocycles. The lowest BCUT2D eigenvalue weighted by atomic mass is 10.1. The highest BCUT2D eigenvalue weighted by Gasteiger charge is 2.41. The molecular formula is C13H15BrFNO2. The van der Waals surface area contributed by atoms with E-state index in [1.165, 1.54) is 19.2 Å². The molecule has 0 bridgehead atoms. The number of carbonyl (C=O) groups is 1. The number of benzene rings is 1. The lowest BCUT2D eigenvalue weighted by molar-refractivity contribution is 0.0942. The molecule has 1 amide bonds. The van der Waals surface area contributed by atoms with Crippen molar-refractivity contribution in [3.8, 4) is 5.75 Å². The van der Waals surface area contributed by atoms with E-state index in [1.54, 1.807) is 6.07 Å². The summed E-state index contributed by atoms with van der Waals surface area (Å²) in [5.74, 6) is -0.527. The molecule has 0 unspecified atom stereocenters. The number of alkyl halides is 1. The van der Waals surface area contributed by atoms with Gasteiger partial charge in [-0.1, -0.05) is 15.9 Å². The lowest BCUT2D eigenvalue weighted by Gasteiger charge is -2.13. The van der Waals surface area contributed by atoms with Crippen molar-refractivity contribution < 1.29 is 13.9 Å². The van der Waals surface area contributed by atoms with Gasteiger partial charge in [0.2, 0.25) is 0 Å². The molecule has 5 heteroatoms. The van der Waals surface area contributed by atoms with E-state index in [0.717, 1.165) is 18.2 Å². The molecule has 18 heavy (non-hydrogen) atoms. The molecule has 1 aliphatic carbocycles. The van der Waals surface area contributed by atoms with Gasteiger partial charge in [0, 0.05) is 17.9 Å². The molecule has 0 saturated heterocycles. The molecule has 0 atom stereocenters. The highest BCUT2D eigenvalue weighted by molar-refractivity contribution is 9.09. The number of ether oxygens (including phenoxy) is 1. The first-order valence-electron chi connectivity index (χ1n) is 5.78. The second kappa shape index (κ2) is 5.26. The van der Waals surface area contributed by atoms with Crippen molar-refractivity contribution >= 4 is 21.8 Å². The summed E-state index contributed by atoms with van der Waals surface area (Å²) < 4.78 is 18.5. The summed E-state index contributed by atoms with van der Waals surface area (Å²) in [6.45, 7) is 0.586. The maximum atomic E-state index is 13.7. The predicted octanol–water partition coefficient (Wildman–Crippen LogP) is 2.74. The second-order valence-corrected chi connectivity index (χ2v) is 5.22. The van der Waals surface area contributed by atoms with E-state index in [9.17, 15) is 9.18 Å². The van der Waals surface area contributed by atoms with Crippen LogP contribution in [0.1, 0.15) is 23.2 Å². The van der Waals surface area contributed by atoms with Crippen LogP contribution in [0.5, 0.6) is 5.75 Å². The van der Waals surface area contributed by atoms with Gasteiger partial charge >= 0.3 is 0 Å². The molecule has 1 aliphatic rings. The number of hydrogen-bond donors (Lipinski definition) is 1. The molecular weight excluding hydrogens is 301 g/mol. The van der Waals surface area contributed by atoms with Crippen LogP contribution < -0.4 is 10.1 Å². The largest absolute Gasteiger partial charge is 0.497 e. The van der Waals surface area contributed by atoms with E-state index in [2.05, 4.69) is 21.2 Å². The van der Waals surface area contributed by atoms with E-state index >= 15 is 0 Å². The number of nitrogens with one attached hydrogen (secondary N) is 1. The van der Waals surface area contributed by atoms with Gasteiger partial charge in [-0.05, 0) is 30.4 Å². The highest BCUT2D eigenvalue weighted by Crippen LogP contribution is 2.46. The van der Waals surface area contributed by atoms with E-state index in [4.69, 9.17) is 4.74 Å². The van der Waals surface area contributed by atoms with Gasteiger partial charge in [0.25, 0.3) is 5.91 Å². The van der Waals surface area contributed by atoms with Gasteiger partial charge in [-0.2, -0.15) is 0 Å². The zero-order valence-corrected chi connectivity index (χ0v) is 11.7. The first-order valence-corrected chi connectivity index (χ1v) is 6.90. The highest BCUT2D eigenvalue weighted by atomic mass is 79.9. The van der Waals surface area contributed by atoms with Crippen LogP contribution in [0.25, 0.3) is 0 Å². The number of hydrogen-bond acceptors (Lipinski definition) is 2. The minimum atomic E-state index is -0.560. The van der Waals surface area contributed by atoms with Crippen LogP contribution in [0.3, 0.4) is 0 Å². The first-order chi connectivity index (χ1) is 8.60. The van der Waals surface area contributed by atoms with E-state index < -0.39 is 5.82 Å². The van der Waals surface area contributed by atoms with Crippen LogP contribution in [0.15, 0.2) is 18.2 Å². The van der Waals surface area contributed by atoms with Gasteiger partial charge in [0.05, 0.1) is 12.7 Å². The Kier molecular flexibility index (Phi) is 3.90. The monoisotopic (exact) mass is 315 g/mol. The Labute approximate surface area is 114 Å². The molecule has 0 aliphatic heterocycles. The summed E-state index contributed by atoms with van der Waals surface area (Å²) in [7, 11) is 1.46. The number of halogens is 2. The summed E-state index contributed by atoms with van der Waals surface area (Å²) in [5.41, 5.74) is 0.236. The third kappa shape index (κ3) is 2.83. The Bertz CT molecular complexity index is 460. The fraction of sp³-hybridized carbons (Fsp3) is 0.462. The topological polar surface area (TPSA) is 38.3 Å². The average Bonchev–Trinajstić information content (AvgIpc) is 3.16. The summed E-state index contributed by atoms with van der Waals surface area (Å²) in [4.78, 5) is 11.8. The minimum absolute atomic E-state index is 0.0566. The van der Waals surface area contributed by atoms with Crippen LogP contribution in [0, 0.1) is 11.2 Å². The molecule has 98 valence electrons. The molecule has 0 spiro atoms. The van der Waals surface area contributed by atoms with Crippen molar-refractivity contribution in [2.45, 2.75) is 12.8 Å². The molecule has 0 aromatic heterocycles. The Morgan fingerprint density at radius 2 is 2.28 bits per heavy atom. The number of methoxy groups -OCH3 is 1. The first kappa shape index (κ1) is 13.3. The van der Waals surface area contributed by atoms with Gasteiger partial charge in [-0.3, -0.25) is 4.79 Å². The van der Waals surface area contributed by atoms with Crippen LogP contribution in [0.2, 0.25) is 0 Å². The predicted molar refractivity (Wildman–Crippen MR) is 70.7 cm³/mol. The van der Waals surface area contributed by atoms with Gasteiger partial charge in [-0.25, -0.2) is 4.39 Å². The van der Waals surface area contributed by atoms with Crippen LogP contribution in [0.4, 0.5) is 4.39 Å². The van der Waals surface area contributed by atoms with Gasteiger partial charge in [-0.15, -0.1) is 0 Å². The van der Waals surface area contributed by atoms with E-state index in [1.807, 2.05) is 0 Å². The Hall–Kier alpha value is -1.10. The Morgan fingerprint density at radius 3 is 2.78 bits per heavy atom. The molecule has 1 N–H and O–H groups in total. The summed E-state index contributed by atoms with van der Waals surface area (Å²) in [6, 6.07) is 4.23. The quantitative estimate of drug-likeness (QED) is 0.848. The van der Waals surface area contributed by atoms with E-state index in [-0.39, 0.29) is 16.9 Å². The van der Waals surface area contributed by atoms with Crippen molar-refractivity contribution in [1.29, 1.82) is 0 Å². The fourth-order valence-electron chi connectivity index (χ4n) is 1.70. The lowest BCUT2D eigenvalue weighted by Crippen LogP contribution is -2.31. The number of amides is 1. The van der Waals surface area contributed by atoms with Gasteiger partial charge in [0.15, 0.2) is 0 Å². The third-order valence-electron chi connectivity index (χ3n) is 3.29. The normalized spacial score (nSPS) is 16.2. The molecule has 0 heterocycles. The minimum Gasteiger partial charge on any atom is -0.497 e. The maximum Gasteiger partial charge on any atom is 0.254 e. The third-order valence-corrected chi connectivity index (χ3v) is 4.47.